The minimum absolute atomic E-state index is 0.251. The number of nitrogens with zero attached hydrogens (tertiary/aromatic N) is 2. The Bertz CT molecular complexity index is 414. The lowest BCUT2D eigenvalue weighted by molar-refractivity contribution is 1.01. The highest BCUT2D eigenvalue weighted by molar-refractivity contribution is 9.10. The third kappa shape index (κ3) is 2.48. The highest BCUT2D eigenvalue weighted by Gasteiger charge is 2.04. The molecule has 0 aliphatic heterocycles. The Labute approximate surface area is 91.1 Å². The van der Waals surface area contributed by atoms with Crippen LogP contribution in [0.4, 0.5) is 5.69 Å². The van der Waals surface area contributed by atoms with Crippen molar-refractivity contribution >= 4 is 21.6 Å². The van der Waals surface area contributed by atoms with E-state index in [9.17, 15) is 0 Å². The molecule has 0 saturated heterocycles. The minimum Gasteiger partial charge on any atom is -0.369 e. The molecule has 1 atom stereocenters. The van der Waals surface area contributed by atoms with E-state index in [0.29, 0.717) is 5.56 Å². The van der Waals surface area contributed by atoms with Crippen molar-refractivity contribution in [2.45, 2.75) is 13.0 Å². The van der Waals surface area contributed by atoms with Crippen LogP contribution in [0.3, 0.4) is 0 Å². The summed E-state index contributed by atoms with van der Waals surface area (Å²) in [5.74, 6) is 0. The van der Waals surface area contributed by atoms with Crippen LogP contribution in [0.15, 0.2) is 22.7 Å². The molecule has 0 spiro atoms. The molecule has 3 nitrogen and oxygen atoms in total. The van der Waals surface area contributed by atoms with Crippen molar-refractivity contribution < 1.29 is 0 Å². The molecule has 0 bridgehead atoms. The molecule has 70 valence electrons. The predicted octanol–water partition coefficient (Wildman–Crippen LogP) is 2.64. The first-order valence-electron chi connectivity index (χ1n) is 4.03. The van der Waals surface area contributed by atoms with Crippen LogP contribution in [0.25, 0.3) is 0 Å². The van der Waals surface area contributed by atoms with Crippen LogP contribution < -0.4 is 5.32 Å². The van der Waals surface area contributed by atoms with Gasteiger partial charge in [-0.1, -0.05) is 0 Å². The number of nitrogens with one attached hydrogen (secondary N) is 1. The van der Waals surface area contributed by atoms with Gasteiger partial charge in [0.25, 0.3) is 0 Å². The number of hydrogen-bond acceptors (Lipinski definition) is 3. The summed E-state index contributed by atoms with van der Waals surface area (Å²) in [7, 11) is 0. The van der Waals surface area contributed by atoms with E-state index in [1.807, 2.05) is 6.07 Å². The number of hydrogen-bond donors (Lipinski definition) is 1. The molecule has 4 heteroatoms. The summed E-state index contributed by atoms with van der Waals surface area (Å²) in [6.07, 6.45) is 0. The van der Waals surface area contributed by atoms with Crippen molar-refractivity contribution in [3.63, 3.8) is 0 Å². The zero-order chi connectivity index (χ0) is 10.6. The van der Waals surface area contributed by atoms with E-state index in [-0.39, 0.29) is 6.04 Å². The normalized spacial score (nSPS) is 11.1. The molecule has 0 amide bonds. The molecule has 0 heterocycles. The average molecular weight is 250 g/mol. The van der Waals surface area contributed by atoms with Crippen molar-refractivity contribution in [3.05, 3.63) is 28.2 Å². The molecule has 14 heavy (non-hydrogen) atoms. The van der Waals surface area contributed by atoms with Crippen molar-refractivity contribution in [2.24, 2.45) is 0 Å². The van der Waals surface area contributed by atoms with Crippen molar-refractivity contribution in [2.75, 3.05) is 5.32 Å². The smallest absolute Gasteiger partial charge is 0.111 e. The standard InChI is InChI=1S/C10H8BrN3/c1-7(5-12)14-10-3-2-8(6-13)4-9(10)11/h2-4,7,14H,1H3. The van der Waals surface area contributed by atoms with Gasteiger partial charge < -0.3 is 5.32 Å². The van der Waals surface area contributed by atoms with Crippen LogP contribution in [0, 0.1) is 22.7 Å². The number of halogens is 1. The van der Waals surface area contributed by atoms with Gasteiger partial charge in [0.2, 0.25) is 0 Å². The molecule has 0 aliphatic rings. The average Bonchev–Trinajstić information content (AvgIpc) is 2.20. The van der Waals surface area contributed by atoms with Gasteiger partial charge in [0.05, 0.1) is 17.7 Å². The molecular weight excluding hydrogens is 242 g/mol. The van der Waals surface area contributed by atoms with Gasteiger partial charge in [0.1, 0.15) is 6.04 Å². The molecule has 1 N–H and O–H groups in total. The Balaban J connectivity index is 2.92. The van der Waals surface area contributed by atoms with Crippen LogP contribution in [0.1, 0.15) is 12.5 Å². The molecule has 0 aliphatic carbocycles. The van der Waals surface area contributed by atoms with E-state index in [1.54, 1.807) is 25.1 Å². The molecule has 0 radical (unpaired) electrons. The molecule has 1 aromatic carbocycles. The Morgan fingerprint density at radius 2 is 2.14 bits per heavy atom. The first kappa shape index (κ1) is 10.6. The van der Waals surface area contributed by atoms with Crippen LogP contribution in [0.2, 0.25) is 0 Å². The lowest BCUT2D eigenvalue weighted by atomic mass is 10.2. The first-order chi connectivity index (χ1) is 6.67. The van der Waals surface area contributed by atoms with Crippen molar-refractivity contribution in [3.8, 4) is 12.1 Å². The van der Waals surface area contributed by atoms with Gasteiger partial charge >= 0.3 is 0 Å². The summed E-state index contributed by atoms with van der Waals surface area (Å²) < 4.78 is 0.790. The summed E-state index contributed by atoms with van der Waals surface area (Å²) in [4.78, 5) is 0. The zero-order valence-electron chi connectivity index (χ0n) is 7.58. The fraction of sp³-hybridized carbons (Fsp3) is 0.200. The molecule has 0 saturated carbocycles. The first-order valence-corrected chi connectivity index (χ1v) is 4.82. The van der Waals surface area contributed by atoms with Crippen LogP contribution in [0.5, 0.6) is 0 Å². The summed E-state index contributed by atoms with van der Waals surface area (Å²) in [6, 6.07) is 9.06. The zero-order valence-corrected chi connectivity index (χ0v) is 9.17. The molecule has 0 fully saturated rings. The Kier molecular flexibility index (Phi) is 3.50. The van der Waals surface area contributed by atoms with Crippen LogP contribution in [-0.2, 0) is 0 Å². The summed E-state index contributed by atoms with van der Waals surface area (Å²) in [6.45, 7) is 1.77. The lowest BCUT2D eigenvalue weighted by Crippen LogP contribution is -2.12. The van der Waals surface area contributed by atoms with E-state index in [0.717, 1.165) is 10.2 Å². The maximum absolute atomic E-state index is 8.64. The van der Waals surface area contributed by atoms with Gasteiger partial charge in [-0.3, -0.25) is 0 Å². The maximum atomic E-state index is 8.64. The van der Waals surface area contributed by atoms with E-state index < -0.39 is 0 Å². The highest BCUT2D eigenvalue weighted by atomic mass is 79.9. The van der Waals surface area contributed by atoms with Gasteiger partial charge in [-0.15, -0.1) is 0 Å². The second-order valence-electron chi connectivity index (χ2n) is 2.80. The van der Waals surface area contributed by atoms with E-state index in [2.05, 4.69) is 27.3 Å². The number of nitriles is 2. The fourth-order valence-electron chi connectivity index (χ4n) is 0.967. The molecule has 1 rings (SSSR count). The molecule has 0 aromatic heterocycles. The lowest BCUT2D eigenvalue weighted by Gasteiger charge is -2.09. The van der Waals surface area contributed by atoms with E-state index >= 15 is 0 Å². The third-order valence-corrected chi connectivity index (χ3v) is 2.32. The second kappa shape index (κ2) is 4.64. The largest absolute Gasteiger partial charge is 0.369 e. The van der Waals surface area contributed by atoms with Gasteiger partial charge in [-0.2, -0.15) is 10.5 Å². The Morgan fingerprint density at radius 1 is 1.43 bits per heavy atom. The fourth-order valence-corrected chi connectivity index (χ4v) is 1.46. The van der Waals surface area contributed by atoms with Gasteiger partial charge in [0, 0.05) is 10.2 Å². The Hall–Kier alpha value is -1.52. The van der Waals surface area contributed by atoms with Crippen LogP contribution in [-0.4, -0.2) is 6.04 Å². The van der Waals surface area contributed by atoms with Crippen molar-refractivity contribution in [1.82, 2.24) is 0 Å². The second-order valence-corrected chi connectivity index (χ2v) is 3.66. The van der Waals surface area contributed by atoms with E-state index in [1.165, 1.54) is 0 Å². The number of benzene rings is 1. The summed E-state index contributed by atoms with van der Waals surface area (Å²) in [5, 5.41) is 20.2. The molecular formula is C10H8BrN3. The molecule has 1 aromatic rings. The highest BCUT2D eigenvalue weighted by Crippen LogP contribution is 2.23. The Morgan fingerprint density at radius 3 is 2.64 bits per heavy atom. The van der Waals surface area contributed by atoms with Gasteiger partial charge in [-0.25, -0.2) is 0 Å². The maximum Gasteiger partial charge on any atom is 0.111 e. The monoisotopic (exact) mass is 249 g/mol. The van der Waals surface area contributed by atoms with Gasteiger partial charge in [0.15, 0.2) is 0 Å². The summed E-state index contributed by atoms with van der Waals surface area (Å²) >= 11 is 3.32. The SMILES string of the molecule is CC(C#N)Nc1ccc(C#N)cc1Br. The predicted molar refractivity (Wildman–Crippen MR) is 57.6 cm³/mol. The number of anilines is 1. The van der Waals surface area contributed by atoms with E-state index in [4.69, 9.17) is 10.5 Å². The van der Waals surface area contributed by atoms with Crippen LogP contribution >= 0.6 is 15.9 Å². The van der Waals surface area contributed by atoms with Crippen molar-refractivity contribution in [1.29, 1.82) is 10.5 Å². The third-order valence-electron chi connectivity index (χ3n) is 1.66. The molecule has 1 unspecified atom stereocenters. The quantitative estimate of drug-likeness (QED) is 0.877. The number of rotatable bonds is 2. The minimum atomic E-state index is -0.251. The summed E-state index contributed by atoms with van der Waals surface area (Å²) in [5.41, 5.74) is 1.41. The topological polar surface area (TPSA) is 59.6 Å². The van der Waals surface area contributed by atoms with Gasteiger partial charge in [-0.05, 0) is 41.1 Å².